The summed E-state index contributed by atoms with van der Waals surface area (Å²) in [5.74, 6) is -0.151. The van der Waals surface area contributed by atoms with E-state index in [1.54, 1.807) is 6.20 Å². The molecule has 20 heavy (non-hydrogen) atoms. The molecule has 0 aliphatic rings. The molecule has 1 aromatic heterocycles. The molecule has 0 radical (unpaired) electrons. The van der Waals surface area contributed by atoms with Gasteiger partial charge in [0.05, 0.1) is 11.7 Å². The summed E-state index contributed by atoms with van der Waals surface area (Å²) in [4.78, 5) is 11.9. The number of rotatable bonds is 4. The molecule has 1 heterocycles. The fraction of sp³-hybridized carbons (Fsp3) is 0.357. The molecule has 0 saturated heterocycles. The van der Waals surface area contributed by atoms with Crippen LogP contribution in [0.5, 0.6) is 0 Å². The molecular weight excluding hydrogens is 254 g/mol. The Morgan fingerprint density at radius 3 is 2.80 bits per heavy atom. The summed E-state index contributed by atoms with van der Waals surface area (Å²) in [6.45, 7) is 5.77. The zero-order valence-electron chi connectivity index (χ0n) is 11.9. The normalized spacial score (nSPS) is 11.4. The molecule has 0 aliphatic heterocycles. The molecule has 0 saturated carbocycles. The summed E-state index contributed by atoms with van der Waals surface area (Å²) in [5.41, 5.74) is 7.88. The summed E-state index contributed by atoms with van der Waals surface area (Å²) in [6, 6.07) is 7.63. The van der Waals surface area contributed by atoms with Crippen molar-refractivity contribution in [3.63, 3.8) is 0 Å². The largest absolute Gasteiger partial charge is 0.324 e. The van der Waals surface area contributed by atoms with Crippen LogP contribution in [0.3, 0.4) is 0 Å². The van der Waals surface area contributed by atoms with Crippen LogP contribution in [-0.4, -0.2) is 20.9 Å². The number of benzene rings is 1. The third-order valence-corrected chi connectivity index (χ3v) is 2.81. The lowest BCUT2D eigenvalue weighted by atomic mass is 10.0. The highest BCUT2D eigenvalue weighted by molar-refractivity contribution is 5.90. The number of nitrogens with two attached hydrogens (primary N) is 1. The van der Waals surface area contributed by atoms with Crippen LogP contribution in [0.15, 0.2) is 30.5 Å². The molecule has 0 bridgehead atoms. The fourth-order valence-electron chi connectivity index (χ4n) is 1.74. The Morgan fingerprint density at radius 2 is 2.20 bits per heavy atom. The van der Waals surface area contributed by atoms with Crippen molar-refractivity contribution in [2.24, 2.45) is 5.73 Å². The predicted molar refractivity (Wildman–Crippen MR) is 77.0 cm³/mol. The molecule has 2 aromatic rings. The van der Waals surface area contributed by atoms with Crippen molar-refractivity contribution in [2.75, 3.05) is 5.32 Å². The Hall–Kier alpha value is -2.21. The number of amides is 1. The third kappa shape index (κ3) is 3.64. The van der Waals surface area contributed by atoms with E-state index in [0.717, 1.165) is 11.3 Å². The Morgan fingerprint density at radius 1 is 1.45 bits per heavy atom. The summed E-state index contributed by atoms with van der Waals surface area (Å²) in [7, 11) is 0. The van der Waals surface area contributed by atoms with Crippen LogP contribution in [0.1, 0.15) is 25.1 Å². The highest BCUT2D eigenvalue weighted by atomic mass is 16.2. The van der Waals surface area contributed by atoms with Gasteiger partial charge in [-0.1, -0.05) is 17.3 Å². The summed E-state index contributed by atoms with van der Waals surface area (Å²) in [5, 5.41) is 10.7. The molecule has 1 amide bonds. The molecule has 106 valence electrons. The van der Waals surface area contributed by atoms with E-state index in [2.05, 4.69) is 15.6 Å². The molecule has 0 atom stereocenters. The number of carbonyl (C=O) groups is 1. The molecule has 1 aromatic carbocycles. The van der Waals surface area contributed by atoms with Gasteiger partial charge < -0.3 is 11.1 Å². The SMILES string of the molecule is Cc1cccc(NC(=O)Cn2cc(C(C)(C)N)nn2)c1. The lowest BCUT2D eigenvalue weighted by Gasteiger charge is -2.13. The van der Waals surface area contributed by atoms with Crippen LogP contribution in [0.2, 0.25) is 0 Å². The van der Waals surface area contributed by atoms with Crippen LogP contribution < -0.4 is 11.1 Å². The first kappa shape index (κ1) is 14.2. The van der Waals surface area contributed by atoms with Crippen molar-refractivity contribution >= 4 is 11.6 Å². The number of aromatic nitrogens is 3. The minimum Gasteiger partial charge on any atom is -0.324 e. The smallest absolute Gasteiger partial charge is 0.246 e. The van der Waals surface area contributed by atoms with Crippen molar-refractivity contribution in [1.29, 1.82) is 0 Å². The van der Waals surface area contributed by atoms with Gasteiger partial charge in [-0.3, -0.25) is 4.79 Å². The lowest BCUT2D eigenvalue weighted by molar-refractivity contribution is -0.116. The summed E-state index contributed by atoms with van der Waals surface area (Å²) >= 11 is 0. The zero-order chi connectivity index (χ0) is 14.8. The van der Waals surface area contributed by atoms with Crippen molar-refractivity contribution in [2.45, 2.75) is 32.9 Å². The highest BCUT2D eigenvalue weighted by Crippen LogP contribution is 2.13. The first-order valence-electron chi connectivity index (χ1n) is 6.40. The zero-order valence-corrected chi connectivity index (χ0v) is 11.9. The van der Waals surface area contributed by atoms with Crippen LogP contribution in [0, 0.1) is 6.92 Å². The molecule has 3 N–H and O–H groups in total. The Kier molecular flexibility index (Phi) is 3.85. The first-order valence-corrected chi connectivity index (χ1v) is 6.40. The minimum absolute atomic E-state index is 0.108. The predicted octanol–water partition coefficient (Wildman–Crippen LogP) is 1.42. The average Bonchev–Trinajstić information content (AvgIpc) is 2.76. The summed E-state index contributed by atoms with van der Waals surface area (Å²) < 4.78 is 1.48. The Balaban J connectivity index is 2.00. The summed E-state index contributed by atoms with van der Waals surface area (Å²) in [6.07, 6.45) is 1.69. The van der Waals surface area contributed by atoms with Gasteiger partial charge in [-0.2, -0.15) is 0 Å². The maximum absolute atomic E-state index is 11.9. The van der Waals surface area contributed by atoms with Gasteiger partial charge in [0, 0.05) is 5.69 Å². The van der Waals surface area contributed by atoms with E-state index in [9.17, 15) is 4.79 Å². The first-order chi connectivity index (χ1) is 9.34. The van der Waals surface area contributed by atoms with Crippen molar-refractivity contribution in [3.05, 3.63) is 41.7 Å². The number of anilines is 1. The monoisotopic (exact) mass is 273 g/mol. The van der Waals surface area contributed by atoms with Crippen LogP contribution in [-0.2, 0) is 16.9 Å². The molecule has 0 fully saturated rings. The second-order valence-corrected chi connectivity index (χ2v) is 5.44. The van der Waals surface area contributed by atoms with Crippen molar-refractivity contribution < 1.29 is 4.79 Å². The second-order valence-electron chi connectivity index (χ2n) is 5.44. The third-order valence-electron chi connectivity index (χ3n) is 2.81. The quantitative estimate of drug-likeness (QED) is 0.882. The number of hydrogen-bond donors (Lipinski definition) is 2. The van der Waals surface area contributed by atoms with Crippen LogP contribution in [0.4, 0.5) is 5.69 Å². The van der Waals surface area contributed by atoms with Crippen LogP contribution >= 0.6 is 0 Å². The molecule has 2 rings (SSSR count). The number of nitrogens with zero attached hydrogens (tertiary/aromatic N) is 3. The molecule has 0 spiro atoms. The second kappa shape index (κ2) is 5.42. The van der Waals surface area contributed by atoms with E-state index < -0.39 is 5.54 Å². The molecule has 6 heteroatoms. The van der Waals surface area contributed by atoms with E-state index >= 15 is 0 Å². The molecule has 6 nitrogen and oxygen atoms in total. The van der Waals surface area contributed by atoms with Gasteiger partial charge in [0.15, 0.2) is 0 Å². The fourth-order valence-corrected chi connectivity index (χ4v) is 1.74. The van der Waals surface area contributed by atoms with E-state index in [1.807, 2.05) is 45.0 Å². The Bertz CT molecular complexity index is 612. The van der Waals surface area contributed by atoms with E-state index in [4.69, 9.17) is 5.73 Å². The topological polar surface area (TPSA) is 85.8 Å². The van der Waals surface area contributed by atoms with Gasteiger partial charge in [-0.15, -0.1) is 5.10 Å². The maximum atomic E-state index is 11.9. The van der Waals surface area contributed by atoms with Gasteiger partial charge in [-0.25, -0.2) is 4.68 Å². The standard InChI is InChI=1S/C14H19N5O/c1-10-5-4-6-11(7-10)16-13(20)9-19-8-12(17-18-19)14(2,3)15/h4-8H,9,15H2,1-3H3,(H,16,20). The number of aryl methyl sites for hydroxylation is 1. The minimum atomic E-state index is -0.564. The number of hydrogen-bond acceptors (Lipinski definition) is 4. The van der Waals surface area contributed by atoms with Crippen molar-refractivity contribution in [1.82, 2.24) is 15.0 Å². The molecule has 0 unspecified atom stereocenters. The van der Waals surface area contributed by atoms with Gasteiger partial charge in [0.25, 0.3) is 0 Å². The average molecular weight is 273 g/mol. The molecule has 0 aliphatic carbocycles. The number of carbonyl (C=O) groups excluding carboxylic acids is 1. The molecular formula is C14H19N5O. The van der Waals surface area contributed by atoms with E-state index in [0.29, 0.717) is 5.69 Å². The van der Waals surface area contributed by atoms with Gasteiger partial charge >= 0.3 is 0 Å². The van der Waals surface area contributed by atoms with E-state index in [1.165, 1.54) is 4.68 Å². The number of nitrogens with one attached hydrogen (secondary N) is 1. The van der Waals surface area contributed by atoms with Crippen LogP contribution in [0.25, 0.3) is 0 Å². The highest BCUT2D eigenvalue weighted by Gasteiger charge is 2.18. The lowest BCUT2D eigenvalue weighted by Crippen LogP contribution is -2.29. The Labute approximate surface area is 118 Å². The van der Waals surface area contributed by atoms with Gasteiger partial charge in [0.1, 0.15) is 12.2 Å². The van der Waals surface area contributed by atoms with E-state index in [-0.39, 0.29) is 12.5 Å². The van der Waals surface area contributed by atoms with Crippen molar-refractivity contribution in [3.8, 4) is 0 Å². The van der Waals surface area contributed by atoms with Gasteiger partial charge in [0.2, 0.25) is 5.91 Å². The van der Waals surface area contributed by atoms with Gasteiger partial charge in [-0.05, 0) is 38.5 Å². The maximum Gasteiger partial charge on any atom is 0.246 e.